The van der Waals surface area contributed by atoms with E-state index in [1.807, 2.05) is 12.1 Å². The van der Waals surface area contributed by atoms with Gasteiger partial charge in [0.05, 0.1) is 6.61 Å². The Morgan fingerprint density at radius 1 is 1.10 bits per heavy atom. The van der Waals surface area contributed by atoms with Crippen LogP contribution in [-0.2, 0) is 22.4 Å². The van der Waals surface area contributed by atoms with Gasteiger partial charge in [0.2, 0.25) is 0 Å². The van der Waals surface area contributed by atoms with Crippen LogP contribution in [0.2, 0.25) is 0 Å². The minimum atomic E-state index is -0.279. The van der Waals surface area contributed by atoms with Gasteiger partial charge in [-0.2, -0.15) is 0 Å². The standard InChI is InChI=1S/C17H18FNO2/c18-16-5-1-3-15(13-16)6-7-17(20)21-12-2-4-14-8-10-19-11-9-14/h1,3,5,8-11,13H,2,4,6-7,12H2. The molecule has 4 heteroatoms. The molecule has 110 valence electrons. The van der Waals surface area contributed by atoms with Crippen molar-refractivity contribution in [3.63, 3.8) is 0 Å². The number of carbonyl (C=O) groups excluding carboxylic acids is 1. The van der Waals surface area contributed by atoms with E-state index in [9.17, 15) is 9.18 Å². The molecule has 0 spiro atoms. The molecule has 2 aromatic rings. The van der Waals surface area contributed by atoms with E-state index < -0.39 is 0 Å². The summed E-state index contributed by atoms with van der Waals surface area (Å²) in [6.07, 6.45) is 5.93. The summed E-state index contributed by atoms with van der Waals surface area (Å²) >= 11 is 0. The van der Waals surface area contributed by atoms with E-state index in [0.29, 0.717) is 13.0 Å². The Morgan fingerprint density at radius 2 is 1.90 bits per heavy atom. The van der Waals surface area contributed by atoms with Crippen LogP contribution in [0.15, 0.2) is 48.8 Å². The highest BCUT2D eigenvalue weighted by Gasteiger charge is 2.04. The Labute approximate surface area is 123 Å². The molecule has 0 saturated heterocycles. The van der Waals surface area contributed by atoms with Crippen molar-refractivity contribution in [2.45, 2.75) is 25.7 Å². The average molecular weight is 287 g/mol. The summed E-state index contributed by atoms with van der Waals surface area (Å²) in [5.41, 5.74) is 1.99. The van der Waals surface area contributed by atoms with Crippen LogP contribution in [0.25, 0.3) is 0 Å². The smallest absolute Gasteiger partial charge is 0.306 e. The minimum absolute atomic E-state index is 0.242. The molecule has 0 N–H and O–H groups in total. The van der Waals surface area contributed by atoms with Crippen LogP contribution in [0.3, 0.4) is 0 Å². The lowest BCUT2D eigenvalue weighted by Crippen LogP contribution is -2.07. The van der Waals surface area contributed by atoms with Crippen LogP contribution in [0.5, 0.6) is 0 Å². The number of carbonyl (C=O) groups is 1. The number of halogens is 1. The molecular formula is C17H18FNO2. The van der Waals surface area contributed by atoms with Gasteiger partial charge >= 0.3 is 5.97 Å². The number of ether oxygens (including phenoxy) is 1. The van der Waals surface area contributed by atoms with Gasteiger partial charge in [-0.3, -0.25) is 9.78 Å². The lowest BCUT2D eigenvalue weighted by atomic mass is 10.1. The molecule has 0 amide bonds. The summed E-state index contributed by atoms with van der Waals surface area (Å²) < 4.78 is 18.1. The Morgan fingerprint density at radius 3 is 2.67 bits per heavy atom. The molecule has 0 bridgehead atoms. The van der Waals surface area contributed by atoms with Gasteiger partial charge in [-0.25, -0.2) is 4.39 Å². The molecule has 0 radical (unpaired) electrons. The highest BCUT2D eigenvalue weighted by atomic mass is 19.1. The molecule has 0 fully saturated rings. The SMILES string of the molecule is O=C(CCc1cccc(F)c1)OCCCc1ccncc1. The van der Waals surface area contributed by atoms with Crippen molar-refractivity contribution >= 4 is 5.97 Å². The van der Waals surface area contributed by atoms with Crippen LogP contribution >= 0.6 is 0 Å². The van der Waals surface area contributed by atoms with Crippen molar-refractivity contribution in [2.75, 3.05) is 6.61 Å². The lowest BCUT2D eigenvalue weighted by molar-refractivity contribution is -0.143. The van der Waals surface area contributed by atoms with Crippen molar-refractivity contribution in [1.29, 1.82) is 0 Å². The molecule has 0 aliphatic carbocycles. The summed E-state index contributed by atoms with van der Waals surface area (Å²) in [5.74, 6) is -0.521. The van der Waals surface area contributed by atoms with E-state index in [0.717, 1.165) is 18.4 Å². The number of pyridine rings is 1. The third-order valence-corrected chi connectivity index (χ3v) is 3.13. The molecular weight excluding hydrogens is 269 g/mol. The molecule has 0 aliphatic heterocycles. The summed E-state index contributed by atoms with van der Waals surface area (Å²) in [5, 5.41) is 0. The summed E-state index contributed by atoms with van der Waals surface area (Å²) in [6, 6.07) is 10.2. The number of aryl methyl sites for hydroxylation is 2. The topological polar surface area (TPSA) is 39.2 Å². The number of hydrogen-bond acceptors (Lipinski definition) is 3. The maximum atomic E-state index is 13.0. The largest absolute Gasteiger partial charge is 0.466 e. The van der Waals surface area contributed by atoms with Gasteiger partial charge in [0, 0.05) is 18.8 Å². The number of benzene rings is 1. The first-order valence-electron chi connectivity index (χ1n) is 7.03. The van der Waals surface area contributed by atoms with Crippen molar-refractivity contribution in [3.05, 3.63) is 65.7 Å². The van der Waals surface area contributed by atoms with Crippen LogP contribution in [0.1, 0.15) is 24.0 Å². The molecule has 0 saturated carbocycles. The number of aromatic nitrogens is 1. The van der Waals surface area contributed by atoms with Gasteiger partial charge in [0.15, 0.2) is 0 Å². The molecule has 1 aromatic heterocycles. The first-order chi connectivity index (χ1) is 10.2. The second-order valence-corrected chi connectivity index (χ2v) is 4.81. The van der Waals surface area contributed by atoms with Gasteiger partial charge in [-0.15, -0.1) is 0 Å². The van der Waals surface area contributed by atoms with Crippen molar-refractivity contribution in [2.24, 2.45) is 0 Å². The number of esters is 1. The summed E-state index contributed by atoms with van der Waals surface area (Å²) in [7, 11) is 0. The Hall–Kier alpha value is -2.23. The molecule has 0 atom stereocenters. The van der Waals surface area contributed by atoms with Crippen molar-refractivity contribution in [1.82, 2.24) is 4.98 Å². The number of hydrogen-bond donors (Lipinski definition) is 0. The van der Waals surface area contributed by atoms with E-state index in [2.05, 4.69) is 4.98 Å². The third kappa shape index (κ3) is 5.73. The molecule has 0 aliphatic rings. The van der Waals surface area contributed by atoms with E-state index in [-0.39, 0.29) is 18.2 Å². The van der Waals surface area contributed by atoms with Crippen LogP contribution in [-0.4, -0.2) is 17.6 Å². The van der Waals surface area contributed by atoms with Crippen LogP contribution in [0, 0.1) is 5.82 Å². The van der Waals surface area contributed by atoms with Crippen molar-refractivity contribution < 1.29 is 13.9 Å². The fourth-order valence-electron chi connectivity index (χ4n) is 2.02. The van der Waals surface area contributed by atoms with Crippen LogP contribution in [0.4, 0.5) is 4.39 Å². The van der Waals surface area contributed by atoms with Gasteiger partial charge in [0.1, 0.15) is 5.82 Å². The Balaban J connectivity index is 1.62. The Kier molecular flexibility index (Phi) is 5.88. The van der Waals surface area contributed by atoms with Gasteiger partial charge in [0.25, 0.3) is 0 Å². The second kappa shape index (κ2) is 8.15. The number of nitrogens with zero attached hydrogens (tertiary/aromatic N) is 1. The monoisotopic (exact) mass is 287 g/mol. The van der Waals surface area contributed by atoms with E-state index in [1.54, 1.807) is 24.5 Å². The average Bonchev–Trinajstić information content (AvgIpc) is 2.51. The normalized spacial score (nSPS) is 10.3. The quantitative estimate of drug-likeness (QED) is 0.579. The first-order valence-corrected chi connectivity index (χ1v) is 7.03. The van der Waals surface area contributed by atoms with E-state index in [4.69, 9.17) is 4.74 Å². The summed E-state index contributed by atoms with van der Waals surface area (Å²) in [4.78, 5) is 15.5. The predicted octanol–water partition coefficient (Wildman–Crippen LogP) is 3.33. The van der Waals surface area contributed by atoms with E-state index >= 15 is 0 Å². The molecule has 0 unspecified atom stereocenters. The van der Waals surface area contributed by atoms with Crippen molar-refractivity contribution in [3.8, 4) is 0 Å². The van der Waals surface area contributed by atoms with Crippen LogP contribution < -0.4 is 0 Å². The zero-order chi connectivity index (χ0) is 14.9. The Bertz CT molecular complexity index is 572. The molecule has 2 rings (SSSR count). The molecule has 1 aromatic carbocycles. The maximum Gasteiger partial charge on any atom is 0.306 e. The van der Waals surface area contributed by atoms with Gasteiger partial charge in [-0.05, 0) is 54.7 Å². The minimum Gasteiger partial charge on any atom is -0.466 e. The predicted molar refractivity (Wildman–Crippen MR) is 78.2 cm³/mol. The molecule has 3 nitrogen and oxygen atoms in total. The first kappa shape index (κ1) is 15.2. The lowest BCUT2D eigenvalue weighted by Gasteiger charge is -2.05. The second-order valence-electron chi connectivity index (χ2n) is 4.81. The summed E-state index contributed by atoms with van der Waals surface area (Å²) in [6.45, 7) is 0.407. The fourth-order valence-corrected chi connectivity index (χ4v) is 2.02. The van der Waals surface area contributed by atoms with E-state index in [1.165, 1.54) is 17.7 Å². The third-order valence-electron chi connectivity index (χ3n) is 3.13. The number of rotatable bonds is 7. The zero-order valence-corrected chi connectivity index (χ0v) is 11.8. The highest BCUT2D eigenvalue weighted by Crippen LogP contribution is 2.07. The maximum absolute atomic E-state index is 13.0. The fraction of sp³-hybridized carbons (Fsp3) is 0.294. The zero-order valence-electron chi connectivity index (χ0n) is 11.8. The molecule has 1 heterocycles. The molecule has 21 heavy (non-hydrogen) atoms. The highest BCUT2D eigenvalue weighted by molar-refractivity contribution is 5.69. The van der Waals surface area contributed by atoms with Gasteiger partial charge in [-0.1, -0.05) is 12.1 Å². The van der Waals surface area contributed by atoms with Gasteiger partial charge < -0.3 is 4.74 Å².